The Bertz CT molecular complexity index is 960. The number of hydrogen-bond donors (Lipinski definition) is 0. The molecule has 2 fully saturated rings. The van der Waals surface area contributed by atoms with Crippen molar-refractivity contribution in [2.24, 2.45) is 5.92 Å². The van der Waals surface area contributed by atoms with E-state index in [1.54, 1.807) is 13.0 Å². The smallest absolute Gasteiger partial charge is 0.250 e. The fourth-order valence-electron chi connectivity index (χ4n) is 5.76. The van der Waals surface area contributed by atoms with Crippen molar-refractivity contribution in [3.05, 3.63) is 58.5 Å². The molecule has 5 heteroatoms. The summed E-state index contributed by atoms with van der Waals surface area (Å²) in [6.45, 7) is 6.33. The van der Waals surface area contributed by atoms with E-state index in [1.807, 2.05) is 17.0 Å². The molecular formula is C24H29N3O2. The van der Waals surface area contributed by atoms with Gasteiger partial charge in [0.15, 0.2) is 0 Å². The standard InChI is InChI=1S/C24H29N3O2/c1-17(28)25-11-9-21(10-12-25)26-14-18-13-20(16-26)24-22(19-5-3-2-4-6-19)7-8-23(29)27(24)15-18/h2-8,18,20-21H,9-16H2,1H3/t18-,20+/m0/s1. The Morgan fingerprint density at radius 2 is 1.72 bits per heavy atom. The molecule has 152 valence electrons. The summed E-state index contributed by atoms with van der Waals surface area (Å²) in [5.41, 5.74) is 3.77. The first-order chi connectivity index (χ1) is 14.1. The Morgan fingerprint density at radius 1 is 0.966 bits per heavy atom. The molecule has 1 amide bonds. The number of carbonyl (C=O) groups is 1. The number of carbonyl (C=O) groups excluding carboxylic acids is 1. The van der Waals surface area contributed by atoms with Crippen LogP contribution in [0.25, 0.3) is 11.1 Å². The van der Waals surface area contributed by atoms with Crippen molar-refractivity contribution in [3.8, 4) is 11.1 Å². The molecule has 3 aliphatic heterocycles. The molecule has 1 aromatic heterocycles. The van der Waals surface area contributed by atoms with Crippen molar-refractivity contribution in [1.29, 1.82) is 0 Å². The fraction of sp³-hybridized carbons (Fsp3) is 0.500. The van der Waals surface area contributed by atoms with E-state index in [4.69, 9.17) is 0 Å². The first kappa shape index (κ1) is 18.6. The van der Waals surface area contributed by atoms with Crippen LogP contribution in [0.3, 0.4) is 0 Å². The van der Waals surface area contributed by atoms with Gasteiger partial charge in [0.2, 0.25) is 5.91 Å². The van der Waals surface area contributed by atoms with E-state index in [-0.39, 0.29) is 11.5 Å². The number of nitrogens with zero attached hydrogens (tertiary/aromatic N) is 3. The van der Waals surface area contributed by atoms with Gasteiger partial charge >= 0.3 is 0 Å². The molecule has 29 heavy (non-hydrogen) atoms. The van der Waals surface area contributed by atoms with E-state index in [0.717, 1.165) is 45.6 Å². The minimum Gasteiger partial charge on any atom is -0.343 e. The molecule has 0 spiro atoms. The summed E-state index contributed by atoms with van der Waals surface area (Å²) in [5.74, 6) is 1.13. The van der Waals surface area contributed by atoms with Gasteiger partial charge in [-0.2, -0.15) is 0 Å². The molecule has 2 atom stereocenters. The van der Waals surface area contributed by atoms with Crippen molar-refractivity contribution in [2.75, 3.05) is 26.2 Å². The largest absolute Gasteiger partial charge is 0.343 e. The van der Waals surface area contributed by atoms with Crippen molar-refractivity contribution in [3.63, 3.8) is 0 Å². The number of aromatic nitrogens is 1. The lowest BCUT2D eigenvalue weighted by molar-refractivity contribution is -0.130. The van der Waals surface area contributed by atoms with Gasteiger partial charge < -0.3 is 9.47 Å². The molecule has 0 N–H and O–H groups in total. The number of rotatable bonds is 2. The number of fused-ring (bicyclic) bond motifs is 4. The summed E-state index contributed by atoms with van der Waals surface area (Å²) in [6.07, 6.45) is 3.30. The van der Waals surface area contributed by atoms with Crippen LogP contribution in [0.2, 0.25) is 0 Å². The van der Waals surface area contributed by atoms with Gasteiger partial charge in [-0.15, -0.1) is 0 Å². The molecule has 5 nitrogen and oxygen atoms in total. The molecule has 2 bridgehead atoms. The molecule has 0 unspecified atom stereocenters. The molecular weight excluding hydrogens is 362 g/mol. The maximum Gasteiger partial charge on any atom is 0.250 e. The molecule has 0 saturated carbocycles. The Hall–Kier alpha value is -2.40. The summed E-state index contributed by atoms with van der Waals surface area (Å²) in [5, 5.41) is 0. The lowest BCUT2D eigenvalue weighted by Gasteiger charge is -2.48. The Morgan fingerprint density at radius 3 is 2.45 bits per heavy atom. The van der Waals surface area contributed by atoms with Gasteiger partial charge in [0.25, 0.3) is 5.56 Å². The second kappa shape index (κ2) is 7.45. The number of piperidine rings is 2. The molecule has 3 aliphatic rings. The summed E-state index contributed by atoms with van der Waals surface area (Å²) in [6, 6.07) is 14.8. The molecule has 5 rings (SSSR count). The lowest BCUT2D eigenvalue weighted by atomic mass is 9.79. The first-order valence-electron chi connectivity index (χ1n) is 10.9. The van der Waals surface area contributed by atoms with Crippen LogP contribution in [0.1, 0.15) is 37.8 Å². The monoisotopic (exact) mass is 391 g/mol. The molecule has 2 aromatic rings. The highest BCUT2D eigenvalue weighted by atomic mass is 16.2. The number of amides is 1. The molecule has 1 aromatic carbocycles. The van der Waals surface area contributed by atoms with Crippen LogP contribution in [0, 0.1) is 5.92 Å². The second-order valence-corrected chi connectivity index (χ2v) is 8.94. The topological polar surface area (TPSA) is 45.6 Å². The average Bonchev–Trinajstić information content (AvgIpc) is 2.75. The number of hydrogen-bond acceptors (Lipinski definition) is 3. The third kappa shape index (κ3) is 3.42. The van der Waals surface area contributed by atoms with Gasteiger partial charge in [-0.3, -0.25) is 14.5 Å². The predicted molar refractivity (Wildman–Crippen MR) is 114 cm³/mol. The number of benzene rings is 1. The molecule has 0 radical (unpaired) electrons. The van der Waals surface area contributed by atoms with E-state index in [2.05, 4.69) is 33.7 Å². The van der Waals surface area contributed by atoms with E-state index in [0.29, 0.717) is 17.9 Å². The predicted octanol–water partition coefficient (Wildman–Crippen LogP) is 2.95. The van der Waals surface area contributed by atoms with Gasteiger partial charge in [0, 0.05) is 68.9 Å². The molecule has 2 saturated heterocycles. The zero-order valence-corrected chi connectivity index (χ0v) is 17.1. The highest BCUT2D eigenvalue weighted by Gasteiger charge is 2.39. The average molecular weight is 392 g/mol. The van der Waals surface area contributed by atoms with E-state index < -0.39 is 0 Å². The zero-order chi connectivity index (χ0) is 20.0. The third-order valence-electron chi connectivity index (χ3n) is 7.13. The van der Waals surface area contributed by atoms with Crippen LogP contribution in [-0.4, -0.2) is 52.5 Å². The number of likely N-dealkylation sites (tertiary alicyclic amines) is 2. The Labute approximate surface area is 171 Å². The normalized spacial score (nSPS) is 24.9. The minimum absolute atomic E-state index is 0.137. The second-order valence-electron chi connectivity index (χ2n) is 8.94. The molecule has 4 heterocycles. The van der Waals surface area contributed by atoms with Crippen molar-refractivity contribution < 1.29 is 4.79 Å². The highest BCUT2D eigenvalue weighted by Crippen LogP contribution is 2.41. The maximum absolute atomic E-state index is 12.7. The lowest BCUT2D eigenvalue weighted by Crippen LogP contribution is -2.53. The van der Waals surface area contributed by atoms with E-state index >= 15 is 0 Å². The maximum atomic E-state index is 12.7. The van der Waals surface area contributed by atoms with Gasteiger partial charge in [0.05, 0.1) is 0 Å². The van der Waals surface area contributed by atoms with E-state index in [9.17, 15) is 9.59 Å². The van der Waals surface area contributed by atoms with Gasteiger partial charge in [0.1, 0.15) is 0 Å². The summed E-state index contributed by atoms with van der Waals surface area (Å²) in [7, 11) is 0. The highest BCUT2D eigenvalue weighted by molar-refractivity contribution is 5.73. The summed E-state index contributed by atoms with van der Waals surface area (Å²) in [4.78, 5) is 29.0. The Kier molecular flexibility index (Phi) is 4.78. The molecule has 0 aliphatic carbocycles. The zero-order valence-electron chi connectivity index (χ0n) is 17.1. The minimum atomic E-state index is 0.137. The van der Waals surface area contributed by atoms with Crippen molar-refractivity contribution >= 4 is 5.91 Å². The van der Waals surface area contributed by atoms with Gasteiger partial charge in [-0.25, -0.2) is 0 Å². The summed E-state index contributed by atoms with van der Waals surface area (Å²) < 4.78 is 2.05. The van der Waals surface area contributed by atoms with Crippen LogP contribution in [0.4, 0.5) is 0 Å². The Balaban J connectivity index is 1.44. The SMILES string of the molecule is CC(=O)N1CCC(N2C[C@@H]3C[C@H](C2)c2c(-c4ccccc4)ccc(=O)n2C3)CC1. The summed E-state index contributed by atoms with van der Waals surface area (Å²) >= 11 is 0. The van der Waals surface area contributed by atoms with Crippen LogP contribution < -0.4 is 5.56 Å². The first-order valence-corrected chi connectivity index (χ1v) is 10.9. The van der Waals surface area contributed by atoms with Crippen LogP contribution in [0.5, 0.6) is 0 Å². The van der Waals surface area contributed by atoms with Crippen molar-refractivity contribution in [2.45, 2.75) is 44.7 Å². The van der Waals surface area contributed by atoms with Crippen LogP contribution in [0.15, 0.2) is 47.3 Å². The fourth-order valence-corrected chi connectivity index (χ4v) is 5.76. The van der Waals surface area contributed by atoms with Crippen LogP contribution in [-0.2, 0) is 11.3 Å². The van der Waals surface area contributed by atoms with Crippen LogP contribution >= 0.6 is 0 Å². The van der Waals surface area contributed by atoms with E-state index in [1.165, 1.54) is 23.2 Å². The van der Waals surface area contributed by atoms with Gasteiger partial charge in [-0.1, -0.05) is 30.3 Å². The third-order valence-corrected chi connectivity index (χ3v) is 7.13. The number of pyridine rings is 1. The van der Waals surface area contributed by atoms with Crippen molar-refractivity contribution in [1.82, 2.24) is 14.4 Å². The quantitative estimate of drug-likeness (QED) is 0.791. The van der Waals surface area contributed by atoms with Gasteiger partial charge in [-0.05, 0) is 36.8 Å².